The average molecular weight is 291 g/mol. The molecule has 0 spiro atoms. The van der Waals surface area contributed by atoms with Gasteiger partial charge in [0.1, 0.15) is 0 Å². The number of hydrogen-bond acceptors (Lipinski definition) is 2. The number of hydrogen-bond donors (Lipinski definition) is 3. The highest BCUT2D eigenvalue weighted by Crippen LogP contribution is 2.16. The number of carbonyl (C=O) groups excluding carboxylic acids is 1. The molecule has 3 N–H and O–H groups in total. The minimum Gasteiger partial charge on any atom is -0.333 e. The molecule has 1 unspecified atom stereocenters. The zero-order valence-electron chi connectivity index (χ0n) is 13.9. The van der Waals surface area contributed by atoms with Gasteiger partial charge in [-0.25, -0.2) is 4.79 Å². The Morgan fingerprint density at radius 3 is 2.33 bits per heavy atom. The van der Waals surface area contributed by atoms with Gasteiger partial charge in [-0.1, -0.05) is 32.4 Å². The molecule has 0 saturated heterocycles. The van der Waals surface area contributed by atoms with Crippen LogP contribution in [-0.2, 0) is 0 Å². The van der Waals surface area contributed by atoms with Crippen molar-refractivity contribution in [2.24, 2.45) is 0 Å². The molecule has 0 aromatic heterocycles. The summed E-state index contributed by atoms with van der Waals surface area (Å²) in [6, 6.07) is 8.13. The number of nitrogens with one attached hydrogen (secondary N) is 3. The predicted molar refractivity (Wildman–Crippen MR) is 89.7 cm³/mol. The second-order valence-electron chi connectivity index (χ2n) is 6.11. The van der Waals surface area contributed by atoms with Crippen LogP contribution in [0.4, 0.5) is 10.5 Å². The van der Waals surface area contributed by atoms with E-state index in [0.717, 1.165) is 25.1 Å². The summed E-state index contributed by atoms with van der Waals surface area (Å²) in [4.78, 5) is 12.0. The lowest BCUT2D eigenvalue weighted by atomic mass is 9.99. The Kier molecular flexibility index (Phi) is 6.69. The summed E-state index contributed by atoms with van der Waals surface area (Å²) >= 11 is 0. The molecule has 1 rings (SSSR count). The molecule has 0 saturated carbocycles. The Labute approximate surface area is 128 Å². The molecule has 0 radical (unpaired) electrons. The van der Waals surface area contributed by atoms with Crippen LogP contribution in [0.2, 0.25) is 0 Å². The largest absolute Gasteiger partial charge is 0.333 e. The summed E-state index contributed by atoms with van der Waals surface area (Å²) < 4.78 is 0. The quantitative estimate of drug-likeness (QED) is 0.709. The topological polar surface area (TPSA) is 53.2 Å². The fourth-order valence-corrected chi connectivity index (χ4v) is 2.44. The van der Waals surface area contributed by atoms with E-state index in [1.54, 1.807) is 0 Å². The number of anilines is 1. The predicted octanol–water partition coefficient (Wildman–Crippen LogP) is 4.06. The van der Waals surface area contributed by atoms with Crippen LogP contribution in [-0.4, -0.2) is 18.1 Å². The second kappa shape index (κ2) is 8.03. The van der Waals surface area contributed by atoms with Gasteiger partial charge < -0.3 is 16.0 Å². The molecule has 118 valence electrons. The van der Waals surface area contributed by atoms with Crippen LogP contribution in [0.5, 0.6) is 0 Å². The van der Waals surface area contributed by atoms with Gasteiger partial charge in [0.25, 0.3) is 0 Å². The average Bonchev–Trinajstić information content (AvgIpc) is 2.38. The molecule has 21 heavy (non-hydrogen) atoms. The van der Waals surface area contributed by atoms with Crippen LogP contribution < -0.4 is 16.0 Å². The normalized spacial score (nSPS) is 12.8. The standard InChI is InChI=1S/C17H29N3O/c1-6-12-17(4,5)20-16(21)19-15-10-8-14(9-11-15)13(3)18-7-2/h8-11,13,18H,6-7,12H2,1-5H3,(H2,19,20,21). The zero-order valence-corrected chi connectivity index (χ0v) is 13.9. The van der Waals surface area contributed by atoms with Gasteiger partial charge in [0.05, 0.1) is 0 Å². The summed E-state index contributed by atoms with van der Waals surface area (Å²) in [5.74, 6) is 0. The number of carbonyl (C=O) groups is 1. The molecule has 1 atom stereocenters. The van der Waals surface area contributed by atoms with Gasteiger partial charge in [-0.15, -0.1) is 0 Å². The van der Waals surface area contributed by atoms with E-state index < -0.39 is 0 Å². The maximum absolute atomic E-state index is 12.0. The van der Waals surface area contributed by atoms with E-state index in [0.29, 0.717) is 6.04 Å². The van der Waals surface area contributed by atoms with Gasteiger partial charge in [-0.2, -0.15) is 0 Å². The van der Waals surface area contributed by atoms with Gasteiger partial charge in [0.2, 0.25) is 0 Å². The maximum Gasteiger partial charge on any atom is 0.319 e. The minimum atomic E-state index is -0.182. The van der Waals surface area contributed by atoms with Crippen LogP contribution in [0.3, 0.4) is 0 Å². The van der Waals surface area contributed by atoms with Gasteiger partial charge in [0.15, 0.2) is 0 Å². The molecule has 0 fully saturated rings. The van der Waals surface area contributed by atoms with Crippen molar-refractivity contribution < 1.29 is 4.79 Å². The van der Waals surface area contributed by atoms with E-state index in [1.807, 2.05) is 38.1 Å². The van der Waals surface area contributed by atoms with E-state index in [2.05, 4.69) is 36.7 Å². The lowest BCUT2D eigenvalue weighted by Gasteiger charge is -2.25. The summed E-state index contributed by atoms with van der Waals surface area (Å²) in [5, 5.41) is 9.25. The molecular formula is C17H29N3O. The summed E-state index contributed by atoms with van der Waals surface area (Å²) in [6.45, 7) is 11.4. The molecular weight excluding hydrogens is 262 g/mol. The molecule has 0 bridgehead atoms. The second-order valence-corrected chi connectivity index (χ2v) is 6.11. The van der Waals surface area contributed by atoms with Crippen molar-refractivity contribution >= 4 is 11.7 Å². The third-order valence-corrected chi connectivity index (χ3v) is 3.51. The Balaban J connectivity index is 2.57. The molecule has 0 heterocycles. The van der Waals surface area contributed by atoms with E-state index in [-0.39, 0.29) is 11.6 Å². The smallest absolute Gasteiger partial charge is 0.319 e. The fourth-order valence-electron chi connectivity index (χ4n) is 2.44. The fraction of sp³-hybridized carbons (Fsp3) is 0.588. The van der Waals surface area contributed by atoms with Crippen molar-refractivity contribution in [1.82, 2.24) is 10.6 Å². The van der Waals surface area contributed by atoms with Crippen molar-refractivity contribution in [2.75, 3.05) is 11.9 Å². The molecule has 4 nitrogen and oxygen atoms in total. The van der Waals surface area contributed by atoms with E-state index in [9.17, 15) is 4.79 Å². The SMILES string of the molecule is CCCC(C)(C)NC(=O)Nc1ccc(C(C)NCC)cc1. The zero-order chi connectivity index (χ0) is 15.9. The van der Waals surface area contributed by atoms with Crippen LogP contribution in [0.25, 0.3) is 0 Å². The lowest BCUT2D eigenvalue weighted by Crippen LogP contribution is -2.45. The Morgan fingerprint density at radius 1 is 1.19 bits per heavy atom. The lowest BCUT2D eigenvalue weighted by molar-refractivity contribution is 0.239. The van der Waals surface area contributed by atoms with Gasteiger partial charge in [0, 0.05) is 17.3 Å². The summed E-state index contributed by atoms with van der Waals surface area (Å²) in [7, 11) is 0. The van der Waals surface area contributed by atoms with E-state index >= 15 is 0 Å². The molecule has 0 aliphatic carbocycles. The Bertz CT molecular complexity index is 440. The van der Waals surface area contributed by atoms with Crippen LogP contribution in [0, 0.1) is 0 Å². The first-order valence-electron chi connectivity index (χ1n) is 7.80. The number of rotatable bonds is 7. The van der Waals surface area contributed by atoms with Gasteiger partial charge in [-0.3, -0.25) is 0 Å². The minimum absolute atomic E-state index is 0.152. The molecule has 4 heteroatoms. The van der Waals surface area contributed by atoms with Crippen LogP contribution in [0.1, 0.15) is 59.1 Å². The molecule has 0 aliphatic heterocycles. The van der Waals surface area contributed by atoms with Crippen molar-refractivity contribution in [2.45, 2.75) is 59.0 Å². The third-order valence-electron chi connectivity index (χ3n) is 3.51. The van der Waals surface area contributed by atoms with Gasteiger partial charge >= 0.3 is 6.03 Å². The van der Waals surface area contributed by atoms with E-state index in [4.69, 9.17) is 0 Å². The Morgan fingerprint density at radius 2 is 1.81 bits per heavy atom. The molecule has 2 amide bonds. The first-order chi connectivity index (χ1) is 9.88. The number of urea groups is 1. The van der Waals surface area contributed by atoms with Gasteiger partial charge in [-0.05, 0) is 51.4 Å². The summed E-state index contributed by atoms with van der Waals surface area (Å²) in [6.07, 6.45) is 2.00. The highest BCUT2D eigenvalue weighted by Gasteiger charge is 2.19. The molecule has 1 aromatic carbocycles. The number of amides is 2. The van der Waals surface area contributed by atoms with Crippen LogP contribution in [0.15, 0.2) is 24.3 Å². The van der Waals surface area contributed by atoms with Crippen molar-refractivity contribution in [3.05, 3.63) is 29.8 Å². The highest BCUT2D eigenvalue weighted by molar-refractivity contribution is 5.89. The third kappa shape index (κ3) is 6.17. The molecule has 0 aliphatic rings. The van der Waals surface area contributed by atoms with Crippen molar-refractivity contribution in [3.8, 4) is 0 Å². The van der Waals surface area contributed by atoms with Crippen molar-refractivity contribution in [1.29, 1.82) is 0 Å². The Hall–Kier alpha value is -1.55. The monoisotopic (exact) mass is 291 g/mol. The first kappa shape index (κ1) is 17.5. The highest BCUT2D eigenvalue weighted by atomic mass is 16.2. The number of benzene rings is 1. The summed E-state index contributed by atoms with van der Waals surface area (Å²) in [5.41, 5.74) is 1.85. The van der Waals surface area contributed by atoms with E-state index in [1.165, 1.54) is 5.56 Å². The van der Waals surface area contributed by atoms with Crippen LogP contribution >= 0.6 is 0 Å². The first-order valence-corrected chi connectivity index (χ1v) is 7.80. The van der Waals surface area contributed by atoms with Crippen molar-refractivity contribution in [3.63, 3.8) is 0 Å². The molecule has 1 aromatic rings. The maximum atomic E-state index is 12.0.